The van der Waals surface area contributed by atoms with Gasteiger partial charge >= 0.3 is 6.03 Å². The summed E-state index contributed by atoms with van der Waals surface area (Å²) < 4.78 is 0. The Morgan fingerprint density at radius 3 is 2.54 bits per heavy atom. The van der Waals surface area contributed by atoms with Gasteiger partial charge in [-0.1, -0.05) is 19.9 Å². The third kappa shape index (κ3) is 4.41. The molecule has 0 saturated carbocycles. The number of nitrogens with one attached hydrogen (secondary N) is 2. The monoisotopic (exact) mass is 368 g/mol. The molecule has 3 rings (SSSR count). The minimum absolute atomic E-state index is 0.179. The van der Waals surface area contributed by atoms with E-state index >= 15 is 0 Å². The molecular formula is C18H20N6OS. The SMILES string of the molecule is CC(C)C(N)c1cccc(NC(=O)Nc2csc(-c3ccncc3)n2)n1. The van der Waals surface area contributed by atoms with Crippen molar-refractivity contribution in [3.63, 3.8) is 0 Å². The number of thiazole rings is 1. The summed E-state index contributed by atoms with van der Waals surface area (Å²) in [6, 6.07) is 8.56. The number of anilines is 2. The average molecular weight is 368 g/mol. The molecule has 0 fully saturated rings. The van der Waals surface area contributed by atoms with Gasteiger partial charge < -0.3 is 5.73 Å². The van der Waals surface area contributed by atoms with E-state index in [0.717, 1.165) is 16.3 Å². The first-order valence-corrected chi connectivity index (χ1v) is 9.07. The molecule has 0 saturated heterocycles. The summed E-state index contributed by atoms with van der Waals surface area (Å²) in [5.41, 5.74) is 7.81. The summed E-state index contributed by atoms with van der Waals surface area (Å²) in [4.78, 5) is 25.0. The van der Waals surface area contributed by atoms with Crippen LogP contribution in [-0.2, 0) is 0 Å². The maximum absolute atomic E-state index is 12.2. The Labute approximate surface area is 155 Å². The molecule has 0 radical (unpaired) electrons. The van der Waals surface area contributed by atoms with Gasteiger partial charge in [0, 0.05) is 29.4 Å². The topological polar surface area (TPSA) is 106 Å². The normalized spacial score (nSPS) is 12.0. The Bertz CT molecular complexity index is 880. The van der Waals surface area contributed by atoms with Crippen molar-refractivity contribution in [2.24, 2.45) is 11.7 Å². The number of hydrogen-bond donors (Lipinski definition) is 3. The van der Waals surface area contributed by atoms with E-state index in [0.29, 0.717) is 11.6 Å². The first kappa shape index (κ1) is 18.0. The number of carbonyl (C=O) groups is 1. The Balaban J connectivity index is 1.65. The van der Waals surface area contributed by atoms with Gasteiger partial charge in [-0.2, -0.15) is 0 Å². The van der Waals surface area contributed by atoms with Crippen molar-refractivity contribution >= 4 is 29.0 Å². The van der Waals surface area contributed by atoms with Crippen LogP contribution in [0.5, 0.6) is 0 Å². The molecule has 3 heterocycles. The van der Waals surface area contributed by atoms with Crippen LogP contribution in [0.3, 0.4) is 0 Å². The van der Waals surface area contributed by atoms with E-state index in [1.165, 1.54) is 11.3 Å². The first-order chi connectivity index (χ1) is 12.5. The molecule has 0 aliphatic rings. The maximum atomic E-state index is 12.2. The molecule has 3 aromatic heterocycles. The molecule has 7 nitrogen and oxygen atoms in total. The summed E-state index contributed by atoms with van der Waals surface area (Å²) in [5, 5.41) is 8.02. The number of urea groups is 1. The second kappa shape index (κ2) is 8.03. The van der Waals surface area contributed by atoms with Gasteiger partial charge in [0.2, 0.25) is 0 Å². The number of nitrogens with two attached hydrogens (primary N) is 1. The number of hydrogen-bond acceptors (Lipinski definition) is 6. The van der Waals surface area contributed by atoms with Crippen molar-refractivity contribution in [1.82, 2.24) is 15.0 Å². The van der Waals surface area contributed by atoms with E-state index in [1.54, 1.807) is 23.8 Å². The highest BCUT2D eigenvalue weighted by Gasteiger charge is 2.13. The van der Waals surface area contributed by atoms with Crippen LogP contribution in [0.15, 0.2) is 48.1 Å². The van der Waals surface area contributed by atoms with Gasteiger partial charge in [-0.3, -0.25) is 15.6 Å². The number of carbonyl (C=O) groups excluding carboxylic acids is 1. The first-order valence-electron chi connectivity index (χ1n) is 8.19. The van der Waals surface area contributed by atoms with E-state index in [4.69, 9.17) is 5.73 Å². The molecule has 1 atom stereocenters. The zero-order valence-corrected chi connectivity index (χ0v) is 15.3. The van der Waals surface area contributed by atoms with Crippen LogP contribution in [0.2, 0.25) is 0 Å². The third-order valence-electron chi connectivity index (χ3n) is 3.75. The van der Waals surface area contributed by atoms with Crippen LogP contribution in [0.1, 0.15) is 25.6 Å². The third-order valence-corrected chi connectivity index (χ3v) is 4.64. The largest absolute Gasteiger partial charge is 0.326 e. The van der Waals surface area contributed by atoms with Gasteiger partial charge in [0.25, 0.3) is 0 Å². The van der Waals surface area contributed by atoms with Crippen LogP contribution >= 0.6 is 11.3 Å². The second-order valence-electron chi connectivity index (χ2n) is 6.07. The average Bonchev–Trinajstić information content (AvgIpc) is 3.10. The summed E-state index contributed by atoms with van der Waals surface area (Å²) in [6.45, 7) is 4.06. The van der Waals surface area contributed by atoms with Gasteiger partial charge in [0.15, 0.2) is 0 Å². The molecule has 0 aliphatic heterocycles. The fourth-order valence-corrected chi connectivity index (χ4v) is 3.03. The molecule has 0 aliphatic carbocycles. The standard InChI is InChI=1S/C18H20N6OS/c1-11(2)16(19)13-4-3-5-14(21-13)23-18(25)24-15-10-26-17(22-15)12-6-8-20-9-7-12/h3-11,16H,19H2,1-2H3,(H2,21,23,24,25). The molecule has 2 amide bonds. The number of pyridine rings is 2. The van der Waals surface area contributed by atoms with E-state index in [-0.39, 0.29) is 12.0 Å². The van der Waals surface area contributed by atoms with Gasteiger partial charge in [-0.05, 0) is 30.2 Å². The van der Waals surface area contributed by atoms with Crippen LogP contribution in [0.4, 0.5) is 16.4 Å². The zero-order valence-electron chi connectivity index (χ0n) is 14.5. The lowest BCUT2D eigenvalue weighted by molar-refractivity contribution is 0.262. The number of nitrogens with zero attached hydrogens (tertiary/aromatic N) is 3. The highest BCUT2D eigenvalue weighted by molar-refractivity contribution is 7.13. The van der Waals surface area contributed by atoms with Crippen molar-refractivity contribution in [3.8, 4) is 10.6 Å². The van der Waals surface area contributed by atoms with Gasteiger partial charge in [-0.25, -0.2) is 14.8 Å². The molecule has 26 heavy (non-hydrogen) atoms. The summed E-state index contributed by atoms with van der Waals surface area (Å²) in [7, 11) is 0. The molecule has 0 aromatic carbocycles. The van der Waals surface area contributed by atoms with E-state index in [9.17, 15) is 4.79 Å². The minimum atomic E-state index is -0.403. The van der Waals surface area contributed by atoms with Gasteiger partial charge in [0.05, 0.1) is 5.69 Å². The Hall–Kier alpha value is -2.84. The van der Waals surface area contributed by atoms with Crippen LogP contribution in [-0.4, -0.2) is 21.0 Å². The number of rotatable bonds is 5. The zero-order chi connectivity index (χ0) is 18.5. The second-order valence-corrected chi connectivity index (χ2v) is 6.93. The summed E-state index contributed by atoms with van der Waals surface area (Å²) in [5.74, 6) is 1.18. The van der Waals surface area contributed by atoms with Crippen molar-refractivity contribution in [3.05, 3.63) is 53.8 Å². The Kier molecular flexibility index (Phi) is 5.55. The minimum Gasteiger partial charge on any atom is -0.322 e. The lowest BCUT2D eigenvalue weighted by atomic mass is 10.0. The quantitative estimate of drug-likeness (QED) is 0.633. The lowest BCUT2D eigenvalue weighted by Gasteiger charge is -2.15. The molecule has 1 unspecified atom stereocenters. The fourth-order valence-electron chi connectivity index (χ4n) is 2.27. The van der Waals surface area contributed by atoms with Gasteiger partial charge in [-0.15, -0.1) is 11.3 Å². The molecular weight excluding hydrogens is 348 g/mol. The summed E-state index contributed by atoms with van der Waals surface area (Å²) >= 11 is 1.45. The van der Waals surface area contributed by atoms with E-state index < -0.39 is 6.03 Å². The van der Waals surface area contributed by atoms with E-state index in [1.807, 2.05) is 38.1 Å². The molecule has 3 aromatic rings. The van der Waals surface area contributed by atoms with Crippen molar-refractivity contribution in [2.45, 2.75) is 19.9 Å². The number of amides is 2. The predicted octanol–water partition coefficient (Wildman–Crippen LogP) is 3.90. The van der Waals surface area contributed by atoms with Gasteiger partial charge in [0.1, 0.15) is 16.6 Å². The summed E-state index contributed by atoms with van der Waals surface area (Å²) in [6.07, 6.45) is 3.41. The van der Waals surface area contributed by atoms with Crippen LogP contribution in [0.25, 0.3) is 10.6 Å². The molecule has 0 spiro atoms. The lowest BCUT2D eigenvalue weighted by Crippen LogP contribution is -2.22. The maximum Gasteiger partial charge on any atom is 0.326 e. The van der Waals surface area contributed by atoms with Crippen molar-refractivity contribution in [1.29, 1.82) is 0 Å². The Morgan fingerprint density at radius 2 is 1.81 bits per heavy atom. The van der Waals surface area contributed by atoms with Crippen LogP contribution < -0.4 is 16.4 Å². The van der Waals surface area contributed by atoms with E-state index in [2.05, 4.69) is 25.6 Å². The van der Waals surface area contributed by atoms with Crippen molar-refractivity contribution in [2.75, 3.05) is 10.6 Å². The highest BCUT2D eigenvalue weighted by Crippen LogP contribution is 2.25. The van der Waals surface area contributed by atoms with Crippen LogP contribution in [0, 0.1) is 5.92 Å². The molecule has 4 N–H and O–H groups in total. The predicted molar refractivity (Wildman–Crippen MR) is 104 cm³/mol. The number of aromatic nitrogens is 3. The molecule has 8 heteroatoms. The van der Waals surface area contributed by atoms with Crippen molar-refractivity contribution < 1.29 is 4.79 Å². The Morgan fingerprint density at radius 1 is 1.08 bits per heavy atom. The molecule has 0 bridgehead atoms. The molecule has 134 valence electrons. The highest BCUT2D eigenvalue weighted by atomic mass is 32.1. The fraction of sp³-hybridized carbons (Fsp3) is 0.222. The smallest absolute Gasteiger partial charge is 0.322 e.